The SMILES string of the molecule is Cc1[nH]nc(C(=O)O)c1S(=O)(=O)N1CCC[C@@H]1CO. The molecule has 2 heterocycles. The second kappa shape index (κ2) is 4.91. The Bertz CT molecular complexity index is 594. The van der Waals surface area contributed by atoms with Gasteiger partial charge in [0.25, 0.3) is 0 Å². The Hall–Kier alpha value is -1.45. The number of carboxylic acid groups (broad SMARTS) is 1. The number of aromatic carboxylic acids is 1. The molecule has 0 aliphatic carbocycles. The van der Waals surface area contributed by atoms with Crippen molar-refractivity contribution in [3.63, 3.8) is 0 Å². The van der Waals surface area contributed by atoms with E-state index in [0.29, 0.717) is 12.8 Å². The summed E-state index contributed by atoms with van der Waals surface area (Å²) in [6.45, 7) is 1.45. The first-order valence-electron chi connectivity index (χ1n) is 5.80. The highest BCUT2D eigenvalue weighted by atomic mass is 32.2. The van der Waals surface area contributed by atoms with E-state index in [4.69, 9.17) is 5.11 Å². The van der Waals surface area contributed by atoms with Gasteiger partial charge < -0.3 is 10.2 Å². The summed E-state index contributed by atoms with van der Waals surface area (Å²) in [6.07, 6.45) is 1.21. The Balaban J connectivity index is 2.51. The minimum Gasteiger partial charge on any atom is -0.476 e. The molecule has 0 amide bonds. The van der Waals surface area contributed by atoms with Crippen LogP contribution in [0.25, 0.3) is 0 Å². The molecule has 9 heteroatoms. The summed E-state index contributed by atoms with van der Waals surface area (Å²) in [5.41, 5.74) is -0.331. The van der Waals surface area contributed by atoms with Crippen LogP contribution in [0.5, 0.6) is 0 Å². The van der Waals surface area contributed by atoms with Gasteiger partial charge in [-0.05, 0) is 19.8 Å². The number of nitrogens with one attached hydrogen (secondary N) is 1. The maximum Gasteiger partial charge on any atom is 0.357 e. The van der Waals surface area contributed by atoms with E-state index >= 15 is 0 Å². The van der Waals surface area contributed by atoms with Crippen LogP contribution in [0.15, 0.2) is 4.90 Å². The minimum atomic E-state index is -3.96. The van der Waals surface area contributed by atoms with Gasteiger partial charge in [0, 0.05) is 12.6 Å². The van der Waals surface area contributed by atoms with Gasteiger partial charge in [0.1, 0.15) is 4.90 Å². The van der Waals surface area contributed by atoms with Crippen LogP contribution in [0.4, 0.5) is 0 Å². The third kappa shape index (κ3) is 2.24. The van der Waals surface area contributed by atoms with Gasteiger partial charge in [0.2, 0.25) is 10.0 Å². The van der Waals surface area contributed by atoms with Crippen molar-refractivity contribution in [2.24, 2.45) is 0 Å². The van der Waals surface area contributed by atoms with Gasteiger partial charge in [-0.15, -0.1) is 0 Å². The standard InChI is InChI=1S/C10H15N3O5S/c1-6-9(8(10(15)16)12-11-6)19(17,18)13-4-2-3-7(13)5-14/h7,14H,2-5H2,1H3,(H,11,12)(H,15,16)/t7-/m1/s1. The quantitative estimate of drug-likeness (QED) is 0.690. The molecule has 8 nitrogen and oxygen atoms in total. The van der Waals surface area contributed by atoms with Gasteiger partial charge in [-0.2, -0.15) is 9.40 Å². The summed E-state index contributed by atoms with van der Waals surface area (Å²) < 4.78 is 26.2. The highest BCUT2D eigenvalue weighted by Crippen LogP contribution is 2.28. The molecule has 1 aliphatic heterocycles. The van der Waals surface area contributed by atoms with Crippen molar-refractivity contribution in [1.29, 1.82) is 0 Å². The van der Waals surface area contributed by atoms with Crippen LogP contribution >= 0.6 is 0 Å². The van der Waals surface area contributed by atoms with Crippen LogP contribution in [0.2, 0.25) is 0 Å². The fourth-order valence-corrected chi connectivity index (χ4v) is 4.28. The lowest BCUT2D eigenvalue weighted by molar-refractivity contribution is 0.0686. The Morgan fingerprint density at radius 2 is 2.26 bits per heavy atom. The molecule has 106 valence electrons. The number of H-pyrrole nitrogens is 1. The number of sulfonamides is 1. The summed E-state index contributed by atoms with van der Waals surface area (Å²) in [5, 5.41) is 24.1. The number of carboxylic acids is 1. The average Bonchev–Trinajstić information content (AvgIpc) is 2.94. The number of aliphatic hydroxyl groups is 1. The third-order valence-electron chi connectivity index (χ3n) is 3.19. The van der Waals surface area contributed by atoms with Crippen LogP contribution < -0.4 is 0 Å². The molecule has 0 saturated carbocycles. The van der Waals surface area contributed by atoms with Crippen LogP contribution in [0, 0.1) is 6.92 Å². The molecular weight excluding hydrogens is 274 g/mol. The van der Waals surface area contributed by atoms with Crippen molar-refractivity contribution in [2.75, 3.05) is 13.2 Å². The number of aromatic amines is 1. The molecule has 1 aliphatic rings. The van der Waals surface area contributed by atoms with Gasteiger partial charge in [0.15, 0.2) is 5.69 Å². The molecule has 0 spiro atoms. The Kier molecular flexibility index (Phi) is 3.61. The number of aromatic nitrogens is 2. The molecule has 1 atom stereocenters. The second-order valence-corrected chi connectivity index (χ2v) is 6.25. The van der Waals surface area contributed by atoms with Crippen LogP contribution in [0.1, 0.15) is 29.0 Å². The summed E-state index contributed by atoms with van der Waals surface area (Å²) in [4.78, 5) is 10.7. The van der Waals surface area contributed by atoms with Crippen molar-refractivity contribution in [1.82, 2.24) is 14.5 Å². The zero-order valence-corrected chi connectivity index (χ0v) is 11.1. The van der Waals surface area contributed by atoms with Crippen LogP contribution in [-0.4, -0.2) is 58.3 Å². The zero-order chi connectivity index (χ0) is 14.2. The second-order valence-electron chi connectivity index (χ2n) is 4.43. The summed E-state index contributed by atoms with van der Waals surface area (Å²) in [5.74, 6) is -1.40. The number of aryl methyl sites for hydroxylation is 1. The van der Waals surface area contributed by atoms with Crippen molar-refractivity contribution < 1.29 is 23.4 Å². The molecule has 1 fully saturated rings. The van der Waals surface area contributed by atoms with Crippen molar-refractivity contribution in [3.05, 3.63) is 11.4 Å². The summed E-state index contributed by atoms with van der Waals surface area (Å²) >= 11 is 0. The van der Waals surface area contributed by atoms with E-state index in [1.54, 1.807) is 0 Å². The summed E-state index contributed by atoms with van der Waals surface area (Å²) in [7, 11) is -3.96. The Morgan fingerprint density at radius 1 is 1.58 bits per heavy atom. The van der Waals surface area contributed by atoms with Crippen LogP contribution in [0.3, 0.4) is 0 Å². The maximum absolute atomic E-state index is 12.5. The average molecular weight is 289 g/mol. The predicted molar refractivity (Wildman–Crippen MR) is 64.3 cm³/mol. The predicted octanol–water partition coefficient (Wildman–Crippen LogP) is -0.438. The first-order valence-corrected chi connectivity index (χ1v) is 7.24. The number of nitrogens with zero attached hydrogens (tertiary/aromatic N) is 2. The number of rotatable bonds is 4. The molecule has 0 unspecified atom stereocenters. The van der Waals surface area contributed by atoms with Gasteiger partial charge in [-0.25, -0.2) is 13.2 Å². The lowest BCUT2D eigenvalue weighted by atomic mass is 10.2. The minimum absolute atomic E-state index is 0.181. The van der Waals surface area contributed by atoms with E-state index in [0.717, 1.165) is 4.31 Å². The fourth-order valence-electron chi connectivity index (χ4n) is 2.30. The van der Waals surface area contributed by atoms with Gasteiger partial charge in [-0.3, -0.25) is 5.10 Å². The highest BCUT2D eigenvalue weighted by Gasteiger charge is 2.39. The Morgan fingerprint density at radius 3 is 2.84 bits per heavy atom. The van der Waals surface area contributed by atoms with E-state index in [1.165, 1.54) is 6.92 Å². The monoisotopic (exact) mass is 289 g/mol. The molecule has 1 aromatic heterocycles. The fraction of sp³-hybridized carbons (Fsp3) is 0.600. The molecule has 0 radical (unpaired) electrons. The van der Waals surface area contributed by atoms with Crippen molar-refractivity contribution in [2.45, 2.75) is 30.7 Å². The summed E-state index contributed by atoms with van der Waals surface area (Å²) in [6, 6.07) is -0.499. The molecular formula is C10H15N3O5S. The topological polar surface area (TPSA) is 124 Å². The molecule has 0 aromatic carbocycles. The van der Waals surface area contributed by atoms with Gasteiger partial charge in [-0.1, -0.05) is 0 Å². The smallest absolute Gasteiger partial charge is 0.357 e. The van der Waals surface area contributed by atoms with Crippen molar-refractivity contribution in [3.8, 4) is 0 Å². The zero-order valence-electron chi connectivity index (χ0n) is 10.3. The lowest BCUT2D eigenvalue weighted by Crippen LogP contribution is -2.38. The Labute approximate surface area is 110 Å². The van der Waals surface area contributed by atoms with Gasteiger partial charge >= 0.3 is 5.97 Å². The van der Waals surface area contributed by atoms with E-state index in [1.807, 2.05) is 0 Å². The molecule has 0 bridgehead atoms. The maximum atomic E-state index is 12.5. The molecule has 19 heavy (non-hydrogen) atoms. The molecule has 3 N–H and O–H groups in total. The highest BCUT2D eigenvalue weighted by molar-refractivity contribution is 7.89. The number of aliphatic hydroxyl groups excluding tert-OH is 1. The van der Waals surface area contributed by atoms with E-state index < -0.39 is 27.7 Å². The third-order valence-corrected chi connectivity index (χ3v) is 5.31. The van der Waals surface area contributed by atoms with Crippen molar-refractivity contribution >= 4 is 16.0 Å². The van der Waals surface area contributed by atoms with Crippen LogP contribution in [-0.2, 0) is 10.0 Å². The van der Waals surface area contributed by atoms with E-state index in [-0.39, 0.29) is 23.7 Å². The molecule has 2 rings (SSSR count). The normalized spacial score (nSPS) is 20.8. The first kappa shape index (κ1) is 14.0. The van der Waals surface area contributed by atoms with E-state index in [2.05, 4.69) is 10.2 Å². The number of carbonyl (C=O) groups is 1. The first-order chi connectivity index (χ1) is 8.89. The van der Waals surface area contributed by atoms with Gasteiger partial charge in [0.05, 0.1) is 12.3 Å². The lowest BCUT2D eigenvalue weighted by Gasteiger charge is -2.22. The molecule has 1 saturated heterocycles. The molecule has 1 aromatic rings. The largest absolute Gasteiger partial charge is 0.476 e. The number of hydrogen-bond acceptors (Lipinski definition) is 5. The number of hydrogen-bond donors (Lipinski definition) is 3. The van der Waals surface area contributed by atoms with E-state index in [9.17, 15) is 18.3 Å².